The van der Waals surface area contributed by atoms with E-state index in [1.54, 1.807) is 0 Å². The maximum absolute atomic E-state index is 10.7. The summed E-state index contributed by atoms with van der Waals surface area (Å²) in [7, 11) is 0. The number of para-hydroxylation sites is 1. The standard InChI is InChI=1S/C14H13N3O/c1-10-11(2)17(12-6-4-3-5-7-12)14(16-9-18)13(10)8-15/h3-7,9H,1-2H3,(H,16,18). The average molecular weight is 239 g/mol. The number of nitriles is 1. The van der Waals surface area contributed by atoms with Crippen molar-refractivity contribution < 1.29 is 4.79 Å². The predicted molar refractivity (Wildman–Crippen MR) is 69.6 cm³/mol. The summed E-state index contributed by atoms with van der Waals surface area (Å²) in [5, 5.41) is 11.8. The van der Waals surface area contributed by atoms with E-state index in [2.05, 4.69) is 11.4 Å². The Bertz CT molecular complexity index is 621. The zero-order chi connectivity index (χ0) is 13.1. The molecule has 0 saturated carbocycles. The monoisotopic (exact) mass is 239 g/mol. The number of benzene rings is 1. The number of rotatable bonds is 3. The molecule has 2 aromatic rings. The first-order chi connectivity index (χ1) is 8.70. The zero-order valence-corrected chi connectivity index (χ0v) is 10.3. The number of amides is 1. The number of hydrogen-bond donors (Lipinski definition) is 1. The molecule has 0 aliphatic heterocycles. The quantitative estimate of drug-likeness (QED) is 0.837. The van der Waals surface area contributed by atoms with E-state index in [1.165, 1.54) is 0 Å². The molecule has 0 aliphatic rings. The van der Waals surface area contributed by atoms with Gasteiger partial charge in [0, 0.05) is 11.4 Å². The van der Waals surface area contributed by atoms with Gasteiger partial charge in [-0.3, -0.25) is 9.36 Å². The molecule has 0 fully saturated rings. The van der Waals surface area contributed by atoms with Crippen LogP contribution >= 0.6 is 0 Å². The third-order valence-corrected chi connectivity index (χ3v) is 3.04. The van der Waals surface area contributed by atoms with E-state index >= 15 is 0 Å². The molecule has 1 aromatic carbocycles. The van der Waals surface area contributed by atoms with E-state index in [1.807, 2.05) is 48.7 Å². The molecular formula is C14H13N3O. The number of nitrogens with zero attached hydrogens (tertiary/aromatic N) is 2. The van der Waals surface area contributed by atoms with Gasteiger partial charge in [0.1, 0.15) is 11.9 Å². The van der Waals surface area contributed by atoms with Crippen LogP contribution in [0.4, 0.5) is 5.82 Å². The molecule has 1 heterocycles. The van der Waals surface area contributed by atoms with E-state index < -0.39 is 0 Å². The van der Waals surface area contributed by atoms with Crippen molar-refractivity contribution in [2.75, 3.05) is 5.32 Å². The SMILES string of the molecule is Cc1c(C#N)c(NC=O)n(-c2ccccc2)c1C. The fourth-order valence-corrected chi connectivity index (χ4v) is 2.03. The van der Waals surface area contributed by atoms with Gasteiger partial charge in [0.2, 0.25) is 6.41 Å². The Balaban J connectivity index is 2.74. The molecule has 4 nitrogen and oxygen atoms in total. The predicted octanol–water partition coefficient (Wildman–Crippen LogP) is 2.53. The lowest BCUT2D eigenvalue weighted by molar-refractivity contribution is -0.105. The molecular weight excluding hydrogens is 226 g/mol. The molecule has 0 bridgehead atoms. The van der Waals surface area contributed by atoms with Crippen LogP contribution in [0.25, 0.3) is 5.69 Å². The second-order valence-corrected chi connectivity index (χ2v) is 3.98. The Labute approximate surface area is 105 Å². The highest BCUT2D eigenvalue weighted by Gasteiger charge is 2.18. The normalized spacial score (nSPS) is 9.83. The van der Waals surface area contributed by atoms with Gasteiger partial charge in [-0.2, -0.15) is 5.26 Å². The maximum atomic E-state index is 10.7. The fourth-order valence-electron chi connectivity index (χ4n) is 2.03. The van der Waals surface area contributed by atoms with Crippen LogP contribution in [0.1, 0.15) is 16.8 Å². The lowest BCUT2D eigenvalue weighted by Crippen LogP contribution is -2.05. The van der Waals surface area contributed by atoms with Crippen LogP contribution in [-0.2, 0) is 4.79 Å². The summed E-state index contributed by atoms with van der Waals surface area (Å²) in [6, 6.07) is 11.8. The molecule has 0 aliphatic carbocycles. The van der Waals surface area contributed by atoms with Crippen LogP contribution in [0, 0.1) is 25.2 Å². The maximum Gasteiger partial charge on any atom is 0.212 e. The number of aromatic nitrogens is 1. The minimum absolute atomic E-state index is 0.503. The van der Waals surface area contributed by atoms with Gasteiger partial charge >= 0.3 is 0 Å². The Hall–Kier alpha value is -2.54. The molecule has 4 heteroatoms. The Morgan fingerprint density at radius 3 is 2.50 bits per heavy atom. The number of carbonyl (C=O) groups is 1. The van der Waals surface area contributed by atoms with Crippen LogP contribution in [0.5, 0.6) is 0 Å². The van der Waals surface area contributed by atoms with Crippen LogP contribution in [0.3, 0.4) is 0 Å². The highest BCUT2D eigenvalue weighted by atomic mass is 16.1. The summed E-state index contributed by atoms with van der Waals surface area (Å²) < 4.78 is 1.88. The van der Waals surface area contributed by atoms with Crippen molar-refractivity contribution in [2.45, 2.75) is 13.8 Å². The van der Waals surface area contributed by atoms with Gasteiger partial charge < -0.3 is 5.32 Å². The molecule has 18 heavy (non-hydrogen) atoms. The molecule has 0 atom stereocenters. The summed E-state index contributed by atoms with van der Waals surface area (Å²) in [6.07, 6.45) is 0.592. The number of carbonyl (C=O) groups excluding carboxylic acids is 1. The minimum Gasteiger partial charge on any atom is -0.313 e. The summed E-state index contributed by atoms with van der Waals surface area (Å²) in [6.45, 7) is 3.81. The number of nitrogens with one attached hydrogen (secondary N) is 1. The summed E-state index contributed by atoms with van der Waals surface area (Å²) in [5.74, 6) is 0.522. The Kier molecular flexibility index (Phi) is 3.16. The number of anilines is 1. The van der Waals surface area contributed by atoms with Gasteiger partial charge in [-0.05, 0) is 31.5 Å². The lowest BCUT2D eigenvalue weighted by atomic mass is 10.2. The van der Waals surface area contributed by atoms with Gasteiger partial charge in [0.05, 0.1) is 5.56 Å². The third kappa shape index (κ3) is 1.76. The third-order valence-electron chi connectivity index (χ3n) is 3.04. The van der Waals surface area contributed by atoms with Crippen LogP contribution in [0.15, 0.2) is 30.3 Å². The summed E-state index contributed by atoms with van der Waals surface area (Å²) in [4.78, 5) is 10.7. The second kappa shape index (κ2) is 4.76. The van der Waals surface area contributed by atoms with E-state index in [-0.39, 0.29) is 0 Å². The molecule has 1 amide bonds. The van der Waals surface area contributed by atoms with Crippen molar-refractivity contribution in [3.63, 3.8) is 0 Å². The average Bonchev–Trinajstić information content (AvgIpc) is 2.63. The van der Waals surface area contributed by atoms with Crippen molar-refractivity contribution in [3.8, 4) is 11.8 Å². The van der Waals surface area contributed by atoms with E-state index in [4.69, 9.17) is 0 Å². The molecule has 2 rings (SSSR count). The fraction of sp³-hybridized carbons (Fsp3) is 0.143. The lowest BCUT2D eigenvalue weighted by Gasteiger charge is -2.10. The van der Waals surface area contributed by atoms with Crippen LogP contribution in [0.2, 0.25) is 0 Å². The molecule has 0 radical (unpaired) electrons. The Morgan fingerprint density at radius 1 is 1.28 bits per heavy atom. The van der Waals surface area contributed by atoms with Crippen molar-refractivity contribution in [2.24, 2.45) is 0 Å². The first-order valence-corrected chi connectivity index (χ1v) is 5.58. The first-order valence-electron chi connectivity index (χ1n) is 5.58. The molecule has 0 saturated heterocycles. The zero-order valence-electron chi connectivity index (χ0n) is 10.3. The summed E-state index contributed by atoms with van der Waals surface area (Å²) >= 11 is 0. The molecule has 90 valence electrons. The minimum atomic E-state index is 0.503. The smallest absolute Gasteiger partial charge is 0.212 e. The van der Waals surface area contributed by atoms with Crippen molar-refractivity contribution in [1.29, 1.82) is 5.26 Å². The van der Waals surface area contributed by atoms with Crippen LogP contribution in [-0.4, -0.2) is 11.0 Å². The first kappa shape index (κ1) is 11.9. The Morgan fingerprint density at radius 2 is 1.94 bits per heavy atom. The summed E-state index contributed by atoms with van der Waals surface area (Å²) in [5.41, 5.74) is 3.25. The van der Waals surface area contributed by atoms with Gasteiger partial charge in [0.25, 0.3) is 0 Å². The van der Waals surface area contributed by atoms with E-state index in [9.17, 15) is 10.1 Å². The molecule has 1 aromatic heterocycles. The van der Waals surface area contributed by atoms with E-state index in [0.29, 0.717) is 17.8 Å². The molecule has 0 spiro atoms. The highest BCUT2D eigenvalue weighted by Crippen LogP contribution is 2.29. The van der Waals surface area contributed by atoms with Crippen molar-refractivity contribution in [3.05, 3.63) is 47.2 Å². The largest absolute Gasteiger partial charge is 0.313 e. The van der Waals surface area contributed by atoms with Crippen molar-refractivity contribution >= 4 is 12.2 Å². The van der Waals surface area contributed by atoms with Gasteiger partial charge in [0.15, 0.2) is 0 Å². The topological polar surface area (TPSA) is 57.8 Å². The van der Waals surface area contributed by atoms with Gasteiger partial charge in [-0.25, -0.2) is 0 Å². The molecule has 0 unspecified atom stereocenters. The second-order valence-electron chi connectivity index (χ2n) is 3.98. The van der Waals surface area contributed by atoms with Gasteiger partial charge in [-0.1, -0.05) is 18.2 Å². The highest BCUT2D eigenvalue weighted by molar-refractivity contribution is 5.77. The molecule has 1 N–H and O–H groups in total. The van der Waals surface area contributed by atoms with E-state index in [0.717, 1.165) is 16.9 Å². The van der Waals surface area contributed by atoms with Crippen LogP contribution < -0.4 is 5.32 Å². The number of hydrogen-bond acceptors (Lipinski definition) is 2. The van der Waals surface area contributed by atoms with Gasteiger partial charge in [-0.15, -0.1) is 0 Å². The van der Waals surface area contributed by atoms with Crippen molar-refractivity contribution in [1.82, 2.24) is 4.57 Å².